The molecule has 3 N–H and O–H groups in total. The van der Waals surface area contributed by atoms with Crippen molar-refractivity contribution in [2.24, 2.45) is 11.7 Å². The lowest BCUT2D eigenvalue weighted by Gasteiger charge is -2.30. The minimum absolute atomic E-state index is 0.0198. The Hall–Kier alpha value is -2.48. The van der Waals surface area contributed by atoms with E-state index in [0.29, 0.717) is 26.1 Å². The van der Waals surface area contributed by atoms with Gasteiger partial charge in [0.15, 0.2) is 0 Å². The van der Waals surface area contributed by atoms with Crippen LogP contribution in [0.3, 0.4) is 0 Å². The molecule has 3 heterocycles. The van der Waals surface area contributed by atoms with Gasteiger partial charge in [0.1, 0.15) is 5.01 Å². The molecule has 3 amide bonds. The van der Waals surface area contributed by atoms with Crippen molar-refractivity contribution in [2.45, 2.75) is 19.3 Å². The topological polar surface area (TPSA) is 101 Å². The van der Waals surface area contributed by atoms with Crippen LogP contribution in [0.4, 0.5) is 4.79 Å². The van der Waals surface area contributed by atoms with Crippen LogP contribution in [0.1, 0.15) is 18.5 Å². The van der Waals surface area contributed by atoms with Gasteiger partial charge in [0.25, 0.3) is 0 Å². The molecule has 7 nitrogen and oxygen atoms in total. The molecule has 3 rings (SSSR count). The Labute approximate surface area is 150 Å². The third kappa shape index (κ3) is 4.54. The minimum Gasteiger partial charge on any atom is -0.355 e. The van der Waals surface area contributed by atoms with Gasteiger partial charge in [-0.05, 0) is 25.0 Å². The van der Waals surface area contributed by atoms with Crippen LogP contribution in [0.2, 0.25) is 0 Å². The summed E-state index contributed by atoms with van der Waals surface area (Å²) >= 11 is 1.57. The lowest BCUT2D eigenvalue weighted by Crippen LogP contribution is -2.47. The summed E-state index contributed by atoms with van der Waals surface area (Å²) in [7, 11) is 0. The highest BCUT2D eigenvalue weighted by Crippen LogP contribution is 2.22. The van der Waals surface area contributed by atoms with Gasteiger partial charge in [-0.2, -0.15) is 0 Å². The molecule has 1 saturated heterocycles. The average molecular weight is 359 g/mol. The van der Waals surface area contributed by atoms with Gasteiger partial charge in [-0.15, -0.1) is 11.3 Å². The maximum absolute atomic E-state index is 12.3. The predicted octanol–water partition coefficient (Wildman–Crippen LogP) is 1.65. The van der Waals surface area contributed by atoms with Gasteiger partial charge in [-0.1, -0.05) is 0 Å². The first-order valence-corrected chi connectivity index (χ1v) is 9.18. The molecule has 0 unspecified atom stereocenters. The zero-order valence-electron chi connectivity index (χ0n) is 13.9. The number of pyridine rings is 1. The molecule has 2 aromatic rings. The largest absolute Gasteiger partial charge is 0.355 e. The Morgan fingerprint density at radius 3 is 3.08 bits per heavy atom. The van der Waals surface area contributed by atoms with E-state index in [1.165, 1.54) is 4.90 Å². The fraction of sp³-hybridized carbons (Fsp3) is 0.412. The van der Waals surface area contributed by atoms with Crippen molar-refractivity contribution in [2.75, 3.05) is 19.6 Å². The van der Waals surface area contributed by atoms with Crippen LogP contribution in [-0.4, -0.2) is 46.4 Å². The number of nitrogens with two attached hydrogens (primary N) is 1. The van der Waals surface area contributed by atoms with Crippen LogP contribution in [0, 0.1) is 5.92 Å². The maximum Gasteiger partial charge on any atom is 0.314 e. The van der Waals surface area contributed by atoms with Crippen molar-refractivity contribution in [3.63, 3.8) is 0 Å². The van der Waals surface area contributed by atoms with Crippen molar-refractivity contribution < 1.29 is 9.59 Å². The van der Waals surface area contributed by atoms with E-state index in [-0.39, 0.29) is 11.8 Å². The fourth-order valence-corrected chi connectivity index (χ4v) is 3.74. The summed E-state index contributed by atoms with van der Waals surface area (Å²) in [6.45, 7) is 1.57. The standard InChI is InChI=1S/C17H21N5O2S/c18-17(24)22-8-2-4-13(10-22)15(23)20-7-5-14-11-25-16(21-14)12-3-1-6-19-9-12/h1,3,6,9,11,13H,2,4-5,7-8,10H2,(H2,18,24)(H,20,23)/t13-/m1/s1. The van der Waals surface area contributed by atoms with E-state index >= 15 is 0 Å². The number of rotatable bonds is 5. The van der Waals surface area contributed by atoms with E-state index in [0.717, 1.165) is 29.1 Å². The van der Waals surface area contributed by atoms with Crippen LogP contribution in [0.15, 0.2) is 29.9 Å². The normalized spacial score (nSPS) is 17.3. The van der Waals surface area contributed by atoms with Gasteiger partial charge in [0.2, 0.25) is 5.91 Å². The van der Waals surface area contributed by atoms with Gasteiger partial charge in [0.05, 0.1) is 11.6 Å². The molecular formula is C17H21N5O2S. The second-order valence-corrected chi connectivity index (χ2v) is 6.91. The highest BCUT2D eigenvalue weighted by molar-refractivity contribution is 7.13. The van der Waals surface area contributed by atoms with E-state index < -0.39 is 6.03 Å². The summed E-state index contributed by atoms with van der Waals surface area (Å²) in [5, 5.41) is 5.88. The summed E-state index contributed by atoms with van der Waals surface area (Å²) in [6.07, 6.45) is 5.80. The first kappa shape index (κ1) is 17.3. The number of nitrogens with one attached hydrogen (secondary N) is 1. The van der Waals surface area contributed by atoms with Gasteiger partial charge < -0.3 is 16.0 Å². The Bertz CT molecular complexity index is 734. The van der Waals surface area contributed by atoms with Crippen molar-refractivity contribution in [1.82, 2.24) is 20.2 Å². The first-order valence-electron chi connectivity index (χ1n) is 8.30. The molecule has 1 atom stereocenters. The summed E-state index contributed by atoms with van der Waals surface area (Å²) < 4.78 is 0. The van der Waals surface area contributed by atoms with E-state index in [4.69, 9.17) is 5.73 Å². The second-order valence-electron chi connectivity index (χ2n) is 6.05. The SMILES string of the molecule is NC(=O)N1CCC[C@@H](C(=O)NCCc2csc(-c3cccnc3)n2)C1. The van der Waals surface area contributed by atoms with Gasteiger partial charge in [0, 0.05) is 49.4 Å². The minimum atomic E-state index is -0.456. The van der Waals surface area contributed by atoms with Crippen LogP contribution >= 0.6 is 11.3 Å². The molecule has 0 spiro atoms. The number of amides is 3. The quantitative estimate of drug-likeness (QED) is 0.847. The Morgan fingerprint density at radius 2 is 2.32 bits per heavy atom. The number of carbonyl (C=O) groups excluding carboxylic acids is 2. The van der Waals surface area contributed by atoms with Crippen LogP contribution in [0.5, 0.6) is 0 Å². The molecule has 1 fully saturated rings. The number of nitrogens with zero attached hydrogens (tertiary/aromatic N) is 3. The number of piperidine rings is 1. The highest BCUT2D eigenvalue weighted by Gasteiger charge is 2.27. The lowest BCUT2D eigenvalue weighted by atomic mass is 9.97. The third-order valence-corrected chi connectivity index (χ3v) is 5.18. The molecule has 0 aliphatic carbocycles. The number of hydrogen-bond acceptors (Lipinski definition) is 5. The average Bonchev–Trinajstić information content (AvgIpc) is 3.11. The highest BCUT2D eigenvalue weighted by atomic mass is 32.1. The molecule has 0 bridgehead atoms. The first-order chi connectivity index (χ1) is 12.1. The van der Waals surface area contributed by atoms with Gasteiger partial charge >= 0.3 is 6.03 Å². The third-order valence-electron chi connectivity index (χ3n) is 4.24. The van der Waals surface area contributed by atoms with Crippen LogP contribution < -0.4 is 11.1 Å². The van der Waals surface area contributed by atoms with E-state index in [1.807, 2.05) is 17.5 Å². The molecular weight excluding hydrogens is 338 g/mol. The predicted molar refractivity (Wildman–Crippen MR) is 95.9 cm³/mol. The van der Waals surface area contributed by atoms with Crippen LogP contribution in [0.25, 0.3) is 10.6 Å². The lowest BCUT2D eigenvalue weighted by molar-refractivity contribution is -0.126. The summed E-state index contributed by atoms with van der Waals surface area (Å²) in [4.78, 5) is 33.7. The summed E-state index contributed by atoms with van der Waals surface area (Å²) in [5.41, 5.74) is 7.25. The van der Waals surface area contributed by atoms with Crippen molar-refractivity contribution in [1.29, 1.82) is 0 Å². The zero-order valence-corrected chi connectivity index (χ0v) is 14.7. The van der Waals surface area contributed by atoms with E-state index in [2.05, 4.69) is 15.3 Å². The van der Waals surface area contributed by atoms with Gasteiger partial charge in [-0.3, -0.25) is 9.78 Å². The Morgan fingerprint density at radius 1 is 1.44 bits per heavy atom. The Balaban J connectivity index is 1.47. The summed E-state index contributed by atoms with van der Waals surface area (Å²) in [5.74, 6) is -0.198. The molecule has 1 aliphatic rings. The second kappa shape index (κ2) is 8.06. The van der Waals surface area contributed by atoms with Crippen molar-refractivity contribution >= 4 is 23.3 Å². The number of likely N-dealkylation sites (tertiary alicyclic amines) is 1. The Kier molecular flexibility index (Phi) is 5.60. The molecule has 25 heavy (non-hydrogen) atoms. The van der Waals surface area contributed by atoms with E-state index in [1.54, 1.807) is 23.7 Å². The van der Waals surface area contributed by atoms with Crippen LogP contribution in [-0.2, 0) is 11.2 Å². The van der Waals surface area contributed by atoms with E-state index in [9.17, 15) is 9.59 Å². The molecule has 2 aromatic heterocycles. The number of primary amides is 1. The summed E-state index contributed by atoms with van der Waals surface area (Å²) in [6, 6.07) is 3.41. The van der Waals surface area contributed by atoms with Crippen molar-refractivity contribution in [3.05, 3.63) is 35.6 Å². The fourth-order valence-electron chi connectivity index (χ4n) is 2.89. The molecule has 0 radical (unpaired) electrons. The number of carbonyl (C=O) groups is 2. The maximum atomic E-state index is 12.3. The molecule has 0 aromatic carbocycles. The van der Waals surface area contributed by atoms with Gasteiger partial charge in [-0.25, -0.2) is 9.78 Å². The number of hydrogen-bond donors (Lipinski definition) is 2. The molecule has 1 aliphatic heterocycles. The molecule has 132 valence electrons. The number of aromatic nitrogens is 2. The monoisotopic (exact) mass is 359 g/mol. The number of thiazole rings is 1. The molecule has 0 saturated carbocycles. The zero-order chi connectivity index (χ0) is 17.6. The number of urea groups is 1. The smallest absolute Gasteiger partial charge is 0.314 e. The molecule has 8 heteroatoms. The van der Waals surface area contributed by atoms with Crippen molar-refractivity contribution in [3.8, 4) is 10.6 Å².